The van der Waals surface area contributed by atoms with Crippen molar-refractivity contribution >= 4 is 0 Å². The van der Waals surface area contributed by atoms with Crippen LogP contribution in [-0.2, 0) is 9.47 Å². The molecule has 15 heavy (non-hydrogen) atoms. The first kappa shape index (κ1) is 11.3. The van der Waals surface area contributed by atoms with Gasteiger partial charge in [-0.15, -0.1) is 0 Å². The van der Waals surface area contributed by atoms with Crippen molar-refractivity contribution in [1.29, 1.82) is 0 Å². The predicted molar refractivity (Wildman–Crippen MR) is 58.5 cm³/mol. The molecule has 0 spiro atoms. The van der Waals surface area contributed by atoms with Gasteiger partial charge in [-0.1, -0.05) is 0 Å². The summed E-state index contributed by atoms with van der Waals surface area (Å²) < 4.78 is 11.3. The highest BCUT2D eigenvalue weighted by atomic mass is 16.5. The summed E-state index contributed by atoms with van der Waals surface area (Å²) >= 11 is 0. The van der Waals surface area contributed by atoms with Crippen LogP contribution >= 0.6 is 0 Å². The predicted octanol–water partition coefficient (Wildman–Crippen LogP) is 0.825. The van der Waals surface area contributed by atoms with E-state index in [1.807, 2.05) is 0 Å². The van der Waals surface area contributed by atoms with Crippen molar-refractivity contribution in [3.05, 3.63) is 0 Å². The molecule has 4 heteroatoms. The molecule has 4 nitrogen and oxygen atoms in total. The molecule has 88 valence electrons. The van der Waals surface area contributed by atoms with Crippen molar-refractivity contribution in [2.24, 2.45) is 0 Å². The maximum absolute atomic E-state index is 5.67. The summed E-state index contributed by atoms with van der Waals surface area (Å²) in [5.41, 5.74) is 0.192. The first-order valence-electron chi connectivity index (χ1n) is 5.65. The zero-order valence-electron chi connectivity index (χ0n) is 10.1. The Balaban J connectivity index is 1.80. The molecule has 2 aliphatic rings. The van der Waals surface area contributed by atoms with E-state index in [2.05, 4.69) is 38.3 Å². The van der Waals surface area contributed by atoms with Gasteiger partial charge in [0.1, 0.15) is 12.5 Å². The number of hydrogen-bond acceptors (Lipinski definition) is 4. The second-order valence-electron chi connectivity index (χ2n) is 5.89. The lowest BCUT2D eigenvalue weighted by Gasteiger charge is -2.21. The molecule has 2 unspecified atom stereocenters. The number of ether oxygens (including phenoxy) is 2. The minimum Gasteiger partial charge on any atom is -0.361 e. The van der Waals surface area contributed by atoms with Crippen molar-refractivity contribution in [3.63, 3.8) is 0 Å². The minimum absolute atomic E-state index is 0.0960. The maximum atomic E-state index is 5.67. The summed E-state index contributed by atoms with van der Waals surface area (Å²) in [4.78, 5) is 0. The van der Waals surface area contributed by atoms with E-state index in [-0.39, 0.29) is 23.5 Å². The normalized spacial score (nSPS) is 38.4. The molecule has 2 N–H and O–H groups in total. The molecule has 0 radical (unpaired) electrons. The van der Waals surface area contributed by atoms with Crippen LogP contribution in [0.25, 0.3) is 0 Å². The number of hydrogen-bond donors (Lipinski definition) is 2. The highest BCUT2D eigenvalue weighted by Crippen LogP contribution is 2.21. The summed E-state index contributed by atoms with van der Waals surface area (Å²) in [6, 6.07) is 0. The second kappa shape index (κ2) is 3.70. The SMILES string of the molecule is CC1(C)COC(CC2NC(C)(C)CO2)N1. The van der Waals surface area contributed by atoms with Crippen LogP contribution in [0.4, 0.5) is 0 Å². The van der Waals surface area contributed by atoms with E-state index < -0.39 is 0 Å². The fraction of sp³-hybridized carbons (Fsp3) is 1.00. The van der Waals surface area contributed by atoms with Crippen LogP contribution in [0.3, 0.4) is 0 Å². The Morgan fingerprint density at radius 2 is 1.33 bits per heavy atom. The fourth-order valence-electron chi connectivity index (χ4n) is 2.10. The van der Waals surface area contributed by atoms with E-state index in [9.17, 15) is 0 Å². The molecular formula is C11H22N2O2. The summed E-state index contributed by atoms with van der Waals surface area (Å²) in [7, 11) is 0. The zero-order chi connectivity index (χ0) is 11.1. The molecule has 2 saturated heterocycles. The molecule has 0 aliphatic carbocycles. The number of nitrogens with one attached hydrogen (secondary N) is 2. The van der Waals surface area contributed by atoms with Crippen LogP contribution in [0.15, 0.2) is 0 Å². The lowest BCUT2D eigenvalue weighted by atomic mass is 10.1. The summed E-state index contributed by atoms with van der Waals surface area (Å²) in [6.07, 6.45) is 1.10. The topological polar surface area (TPSA) is 42.5 Å². The molecule has 0 aromatic heterocycles. The Bertz CT molecular complexity index is 217. The van der Waals surface area contributed by atoms with E-state index in [1.54, 1.807) is 0 Å². The van der Waals surface area contributed by atoms with Gasteiger partial charge in [0.25, 0.3) is 0 Å². The van der Waals surface area contributed by atoms with Gasteiger partial charge in [-0.3, -0.25) is 10.6 Å². The van der Waals surface area contributed by atoms with Crippen LogP contribution in [-0.4, -0.2) is 36.7 Å². The molecule has 0 saturated carbocycles. The Morgan fingerprint density at radius 1 is 0.933 bits per heavy atom. The van der Waals surface area contributed by atoms with Gasteiger partial charge in [0, 0.05) is 17.5 Å². The lowest BCUT2D eigenvalue weighted by molar-refractivity contribution is 0.0227. The van der Waals surface area contributed by atoms with Gasteiger partial charge in [-0.25, -0.2) is 0 Å². The molecular weight excluding hydrogens is 192 g/mol. The molecule has 2 atom stereocenters. The van der Waals surface area contributed by atoms with Crippen molar-refractivity contribution in [2.45, 2.75) is 57.6 Å². The summed E-state index contributed by atoms with van der Waals surface area (Å²) in [5, 5.41) is 6.88. The van der Waals surface area contributed by atoms with Gasteiger partial charge in [0.2, 0.25) is 0 Å². The molecule has 0 aromatic carbocycles. The summed E-state index contributed by atoms with van der Waals surface area (Å²) in [5.74, 6) is 0. The van der Waals surface area contributed by atoms with Crippen molar-refractivity contribution in [1.82, 2.24) is 10.6 Å². The summed E-state index contributed by atoms with van der Waals surface area (Å²) in [6.45, 7) is 10.2. The fourth-order valence-corrected chi connectivity index (χ4v) is 2.10. The van der Waals surface area contributed by atoms with Crippen LogP contribution < -0.4 is 10.6 Å². The quantitative estimate of drug-likeness (QED) is 0.714. The van der Waals surface area contributed by atoms with Gasteiger partial charge < -0.3 is 9.47 Å². The van der Waals surface area contributed by atoms with Gasteiger partial charge >= 0.3 is 0 Å². The van der Waals surface area contributed by atoms with E-state index in [0.717, 1.165) is 19.6 Å². The molecule has 0 aromatic rings. The minimum atomic E-state index is 0.0960. The monoisotopic (exact) mass is 214 g/mol. The molecule has 0 bridgehead atoms. The molecule has 2 fully saturated rings. The van der Waals surface area contributed by atoms with Gasteiger partial charge in [0.15, 0.2) is 0 Å². The zero-order valence-corrected chi connectivity index (χ0v) is 10.1. The smallest absolute Gasteiger partial charge is 0.112 e. The third-order valence-corrected chi connectivity index (χ3v) is 2.82. The van der Waals surface area contributed by atoms with Crippen LogP contribution in [0.1, 0.15) is 34.1 Å². The van der Waals surface area contributed by atoms with Crippen molar-refractivity contribution in [2.75, 3.05) is 13.2 Å². The maximum Gasteiger partial charge on any atom is 0.112 e. The molecule has 2 rings (SSSR count). The van der Waals surface area contributed by atoms with E-state index in [4.69, 9.17) is 9.47 Å². The lowest BCUT2D eigenvalue weighted by Crippen LogP contribution is -2.44. The first-order valence-corrected chi connectivity index (χ1v) is 5.65. The van der Waals surface area contributed by atoms with Gasteiger partial charge in [-0.05, 0) is 27.7 Å². The Morgan fingerprint density at radius 3 is 1.60 bits per heavy atom. The van der Waals surface area contributed by atoms with E-state index >= 15 is 0 Å². The van der Waals surface area contributed by atoms with E-state index in [1.165, 1.54) is 0 Å². The first-order chi connectivity index (χ1) is 6.86. The van der Waals surface area contributed by atoms with Crippen LogP contribution in [0.5, 0.6) is 0 Å². The van der Waals surface area contributed by atoms with Crippen molar-refractivity contribution < 1.29 is 9.47 Å². The Labute approximate surface area is 91.7 Å². The average Bonchev–Trinajstić information content (AvgIpc) is 2.56. The average molecular weight is 214 g/mol. The second-order valence-corrected chi connectivity index (χ2v) is 5.89. The van der Waals surface area contributed by atoms with Gasteiger partial charge in [0.05, 0.1) is 13.2 Å². The highest BCUT2D eigenvalue weighted by molar-refractivity contribution is 4.89. The third-order valence-electron chi connectivity index (χ3n) is 2.82. The molecule has 2 heterocycles. The Kier molecular flexibility index (Phi) is 2.79. The van der Waals surface area contributed by atoms with E-state index in [0.29, 0.717) is 0 Å². The van der Waals surface area contributed by atoms with Crippen LogP contribution in [0, 0.1) is 0 Å². The standard InChI is InChI=1S/C11H22N2O2/c1-10(2)6-14-8(12-10)5-9-13-11(3,4)7-15-9/h8-9,12-13H,5-7H2,1-4H3. The number of rotatable bonds is 2. The van der Waals surface area contributed by atoms with Gasteiger partial charge in [-0.2, -0.15) is 0 Å². The molecule has 0 amide bonds. The van der Waals surface area contributed by atoms with Crippen LogP contribution in [0.2, 0.25) is 0 Å². The highest BCUT2D eigenvalue weighted by Gasteiger charge is 2.36. The van der Waals surface area contributed by atoms with Crippen molar-refractivity contribution in [3.8, 4) is 0 Å². The third kappa shape index (κ3) is 2.91. The Hall–Kier alpha value is -0.160. The molecule has 2 aliphatic heterocycles. The largest absolute Gasteiger partial charge is 0.361 e.